The molecule has 0 radical (unpaired) electrons. The minimum absolute atomic E-state index is 0.386. The van der Waals surface area contributed by atoms with Crippen LogP contribution >= 0.6 is 0 Å². The van der Waals surface area contributed by atoms with Gasteiger partial charge < -0.3 is 4.74 Å². The molecule has 0 aromatic carbocycles. The summed E-state index contributed by atoms with van der Waals surface area (Å²) in [5.74, 6) is 4.52. The molecule has 0 aromatic rings. The minimum Gasteiger partial charge on any atom is -0.381 e. The smallest absolute Gasteiger partial charge is 0.0609 e. The van der Waals surface area contributed by atoms with Crippen LogP contribution in [0.4, 0.5) is 0 Å². The van der Waals surface area contributed by atoms with E-state index in [1.807, 2.05) is 12.7 Å². The maximum atomic E-state index is 5.73. The summed E-state index contributed by atoms with van der Waals surface area (Å²) in [4.78, 5) is 0. The zero-order valence-corrected chi connectivity index (χ0v) is 20.7. The lowest BCUT2D eigenvalue weighted by Gasteiger charge is -2.55. The number of hydrogen-bond acceptors (Lipinski definition) is 1. The van der Waals surface area contributed by atoms with E-state index in [0.717, 1.165) is 30.1 Å². The largest absolute Gasteiger partial charge is 0.381 e. The van der Waals surface area contributed by atoms with E-state index in [4.69, 9.17) is 4.74 Å². The van der Waals surface area contributed by atoms with Crippen molar-refractivity contribution in [2.24, 2.45) is 46.3 Å². The fraction of sp³-hybridized carbons (Fsp3) is 0.793. The van der Waals surface area contributed by atoms with Crippen molar-refractivity contribution in [2.45, 2.75) is 92.6 Å². The highest BCUT2D eigenvalue weighted by molar-refractivity contribution is 5.39. The molecule has 30 heavy (non-hydrogen) atoms. The zero-order chi connectivity index (χ0) is 21.7. The van der Waals surface area contributed by atoms with Crippen molar-refractivity contribution in [1.29, 1.82) is 0 Å². The van der Waals surface area contributed by atoms with Crippen LogP contribution in [0.25, 0.3) is 0 Å². The van der Waals surface area contributed by atoms with E-state index in [9.17, 15) is 0 Å². The molecular formula is C29H46O. The first kappa shape index (κ1) is 22.4. The van der Waals surface area contributed by atoms with Gasteiger partial charge in [-0.25, -0.2) is 0 Å². The van der Waals surface area contributed by atoms with E-state index in [2.05, 4.69) is 65.8 Å². The lowest BCUT2D eigenvalue weighted by Crippen LogP contribution is -2.46. The van der Waals surface area contributed by atoms with Crippen molar-refractivity contribution < 1.29 is 4.74 Å². The molecule has 4 rings (SSSR count). The molecule has 8 unspecified atom stereocenters. The minimum atomic E-state index is 0.386. The van der Waals surface area contributed by atoms with Crippen LogP contribution in [0.3, 0.4) is 0 Å². The molecule has 0 heterocycles. The van der Waals surface area contributed by atoms with Gasteiger partial charge in [-0.3, -0.25) is 0 Å². The average Bonchev–Trinajstić information content (AvgIpc) is 3.08. The number of fused-ring (bicyclic) bond motifs is 5. The van der Waals surface area contributed by atoms with Gasteiger partial charge in [0.1, 0.15) is 0 Å². The van der Waals surface area contributed by atoms with Crippen LogP contribution in [0.5, 0.6) is 0 Å². The normalized spacial score (nSPS) is 42.9. The van der Waals surface area contributed by atoms with Gasteiger partial charge in [-0.05, 0) is 91.3 Å². The number of hydrogen-bond donors (Lipinski definition) is 0. The maximum Gasteiger partial charge on any atom is 0.0609 e. The van der Waals surface area contributed by atoms with Gasteiger partial charge in [0.15, 0.2) is 0 Å². The molecule has 0 saturated heterocycles. The van der Waals surface area contributed by atoms with Crippen molar-refractivity contribution in [3.05, 3.63) is 35.5 Å². The third kappa shape index (κ3) is 3.58. The van der Waals surface area contributed by atoms with Gasteiger partial charge in [0.05, 0.1) is 6.10 Å². The second-order valence-electron chi connectivity index (χ2n) is 12.1. The molecule has 0 aliphatic heterocycles. The third-order valence-electron chi connectivity index (χ3n) is 10.3. The summed E-state index contributed by atoms with van der Waals surface area (Å²) < 4.78 is 5.73. The Morgan fingerprint density at radius 2 is 1.70 bits per heavy atom. The zero-order valence-electron chi connectivity index (χ0n) is 20.7. The Kier molecular flexibility index (Phi) is 6.17. The fourth-order valence-corrected chi connectivity index (χ4v) is 7.78. The van der Waals surface area contributed by atoms with Crippen LogP contribution < -0.4 is 0 Å². The molecule has 8 atom stereocenters. The molecule has 4 aliphatic carbocycles. The van der Waals surface area contributed by atoms with Crippen molar-refractivity contribution >= 4 is 0 Å². The van der Waals surface area contributed by atoms with E-state index in [1.165, 1.54) is 38.5 Å². The summed E-state index contributed by atoms with van der Waals surface area (Å²) >= 11 is 0. The Bertz CT molecular complexity index is 727. The number of methoxy groups -OCH3 is 1. The van der Waals surface area contributed by atoms with Gasteiger partial charge in [-0.1, -0.05) is 77.0 Å². The summed E-state index contributed by atoms with van der Waals surface area (Å²) in [5.41, 5.74) is 4.36. The second-order valence-corrected chi connectivity index (χ2v) is 12.1. The molecule has 3 saturated carbocycles. The summed E-state index contributed by atoms with van der Waals surface area (Å²) in [6, 6.07) is 0. The van der Waals surface area contributed by atoms with Crippen molar-refractivity contribution in [3.8, 4) is 0 Å². The van der Waals surface area contributed by atoms with Crippen LogP contribution in [0, 0.1) is 46.3 Å². The van der Waals surface area contributed by atoms with Gasteiger partial charge in [0, 0.05) is 7.11 Å². The van der Waals surface area contributed by atoms with Crippen molar-refractivity contribution in [3.63, 3.8) is 0 Å². The Morgan fingerprint density at radius 1 is 0.933 bits per heavy atom. The van der Waals surface area contributed by atoms with E-state index < -0.39 is 0 Å². The molecule has 0 aromatic heterocycles. The maximum absolute atomic E-state index is 5.73. The van der Waals surface area contributed by atoms with Gasteiger partial charge in [0.25, 0.3) is 0 Å². The molecule has 0 amide bonds. The summed E-state index contributed by atoms with van der Waals surface area (Å²) in [6.07, 6.45) is 19.9. The number of rotatable bonds is 5. The molecule has 0 N–H and O–H groups in total. The quantitative estimate of drug-likeness (QED) is 0.417. The summed E-state index contributed by atoms with van der Waals surface area (Å²) in [7, 11) is 1.89. The van der Waals surface area contributed by atoms with Crippen LogP contribution in [-0.4, -0.2) is 13.2 Å². The fourth-order valence-electron chi connectivity index (χ4n) is 7.78. The highest BCUT2D eigenvalue weighted by atomic mass is 16.5. The lowest BCUT2D eigenvalue weighted by molar-refractivity contribution is 0.0228. The highest BCUT2D eigenvalue weighted by Crippen LogP contribution is 2.66. The predicted octanol–water partition coefficient (Wildman–Crippen LogP) is 7.98. The first-order valence-corrected chi connectivity index (χ1v) is 12.8. The number of allylic oxidation sites excluding steroid dienone is 5. The predicted molar refractivity (Wildman–Crippen MR) is 128 cm³/mol. The Morgan fingerprint density at radius 3 is 2.40 bits per heavy atom. The third-order valence-corrected chi connectivity index (χ3v) is 10.3. The van der Waals surface area contributed by atoms with Crippen molar-refractivity contribution in [1.82, 2.24) is 0 Å². The molecule has 3 fully saturated rings. The van der Waals surface area contributed by atoms with Crippen LogP contribution in [0.1, 0.15) is 86.5 Å². The molecule has 0 bridgehead atoms. The van der Waals surface area contributed by atoms with Crippen molar-refractivity contribution in [2.75, 3.05) is 7.11 Å². The first-order chi connectivity index (χ1) is 14.2. The van der Waals surface area contributed by atoms with Gasteiger partial charge in [0.2, 0.25) is 0 Å². The monoisotopic (exact) mass is 410 g/mol. The highest BCUT2D eigenvalue weighted by Gasteiger charge is 2.56. The van der Waals surface area contributed by atoms with Crippen LogP contribution in [0.2, 0.25) is 0 Å². The SMILES string of the molecule is COC1CCC2(C)C(=CC=C3C2CCC2(C)C3CCC2C(C)/C=C/C(C)C(C)C)C1. The summed E-state index contributed by atoms with van der Waals surface area (Å²) in [6.45, 7) is 14.8. The number of ether oxygens (including phenoxy) is 1. The molecule has 1 nitrogen and oxygen atoms in total. The van der Waals surface area contributed by atoms with Crippen LogP contribution in [0.15, 0.2) is 35.5 Å². The summed E-state index contributed by atoms with van der Waals surface area (Å²) in [5, 5.41) is 0. The van der Waals surface area contributed by atoms with E-state index >= 15 is 0 Å². The van der Waals surface area contributed by atoms with Gasteiger partial charge >= 0.3 is 0 Å². The lowest BCUT2D eigenvalue weighted by atomic mass is 9.50. The molecule has 4 aliphatic rings. The Hall–Kier alpha value is -0.820. The van der Waals surface area contributed by atoms with Crippen LogP contribution in [-0.2, 0) is 4.74 Å². The standard InChI is InChI=1S/C29H46O/c1-19(2)20(3)8-9-21(4)25-12-13-26-24-11-10-22-18-23(30-7)14-16-28(22,5)27(24)15-17-29(25,26)6/h8-11,19-21,23,25-27H,12-18H2,1-7H3/b9-8+. The first-order valence-electron chi connectivity index (χ1n) is 12.8. The topological polar surface area (TPSA) is 9.23 Å². The Labute approximate surface area is 186 Å². The van der Waals surface area contributed by atoms with E-state index in [1.54, 1.807) is 5.57 Å². The average molecular weight is 411 g/mol. The molecule has 0 spiro atoms. The second kappa shape index (κ2) is 8.27. The molecule has 1 heteroatoms. The molecule has 168 valence electrons. The van der Waals surface area contributed by atoms with Gasteiger partial charge in [-0.2, -0.15) is 0 Å². The van der Waals surface area contributed by atoms with Gasteiger partial charge in [-0.15, -0.1) is 0 Å². The molecular weight excluding hydrogens is 364 g/mol. The Balaban J connectivity index is 1.56. The van der Waals surface area contributed by atoms with E-state index in [0.29, 0.717) is 28.8 Å². The van der Waals surface area contributed by atoms with E-state index in [-0.39, 0.29) is 0 Å².